The van der Waals surface area contributed by atoms with Crippen molar-refractivity contribution in [1.82, 2.24) is 5.32 Å². The molecule has 0 unspecified atom stereocenters. The number of rotatable bonds is 5. The lowest BCUT2D eigenvalue weighted by Gasteiger charge is -2.05. The summed E-state index contributed by atoms with van der Waals surface area (Å²) in [6.45, 7) is 0.645. The lowest BCUT2D eigenvalue weighted by atomic mass is 10.1. The average Bonchev–Trinajstić information content (AvgIpc) is 3.06. The number of hydrogen-bond donors (Lipinski definition) is 3. The van der Waals surface area contributed by atoms with Gasteiger partial charge in [-0.1, -0.05) is 12.8 Å². The van der Waals surface area contributed by atoms with Crippen LogP contribution in [0.15, 0.2) is 18.2 Å². The summed E-state index contributed by atoms with van der Waals surface area (Å²) in [6, 6.07) is 3.88. The van der Waals surface area contributed by atoms with Crippen LogP contribution in [0.2, 0.25) is 0 Å². The molecular formula is C13H17NO3. The molecule has 1 fully saturated rings. The summed E-state index contributed by atoms with van der Waals surface area (Å²) in [7, 11) is 0. The Balaban J connectivity index is 1.80. The van der Waals surface area contributed by atoms with E-state index in [2.05, 4.69) is 5.32 Å². The van der Waals surface area contributed by atoms with Gasteiger partial charge in [0.25, 0.3) is 5.91 Å². The molecule has 1 aromatic carbocycles. The van der Waals surface area contributed by atoms with Gasteiger partial charge < -0.3 is 15.5 Å². The Morgan fingerprint density at radius 3 is 2.47 bits per heavy atom. The summed E-state index contributed by atoms with van der Waals surface area (Å²) >= 11 is 0. The van der Waals surface area contributed by atoms with E-state index in [4.69, 9.17) is 0 Å². The molecule has 0 bridgehead atoms. The van der Waals surface area contributed by atoms with Crippen LogP contribution in [0.3, 0.4) is 0 Å². The summed E-state index contributed by atoms with van der Waals surface area (Å²) < 4.78 is 0. The molecule has 3 N–H and O–H groups in total. The van der Waals surface area contributed by atoms with Crippen LogP contribution in [0.25, 0.3) is 0 Å². The molecule has 0 atom stereocenters. The number of phenolic OH excluding ortho intramolecular Hbond substituents is 2. The van der Waals surface area contributed by atoms with Crippen LogP contribution < -0.4 is 5.32 Å². The summed E-state index contributed by atoms with van der Waals surface area (Å²) in [5.41, 5.74) is 0.286. The van der Waals surface area contributed by atoms with Gasteiger partial charge in [0.2, 0.25) is 0 Å². The Morgan fingerprint density at radius 2 is 1.88 bits per heavy atom. The van der Waals surface area contributed by atoms with E-state index in [1.54, 1.807) is 0 Å². The molecule has 0 aromatic heterocycles. The van der Waals surface area contributed by atoms with Crippen LogP contribution in [0, 0.1) is 5.92 Å². The van der Waals surface area contributed by atoms with E-state index in [1.807, 2.05) is 0 Å². The molecular weight excluding hydrogens is 218 g/mol. The fourth-order valence-electron chi connectivity index (χ4n) is 1.83. The average molecular weight is 235 g/mol. The van der Waals surface area contributed by atoms with Crippen molar-refractivity contribution >= 4 is 5.91 Å². The number of aromatic hydroxyl groups is 2. The van der Waals surface area contributed by atoms with Crippen molar-refractivity contribution < 1.29 is 15.0 Å². The van der Waals surface area contributed by atoms with E-state index in [9.17, 15) is 15.0 Å². The highest BCUT2D eigenvalue weighted by atomic mass is 16.3. The van der Waals surface area contributed by atoms with Gasteiger partial charge in [-0.25, -0.2) is 0 Å². The van der Waals surface area contributed by atoms with Gasteiger partial charge in [-0.3, -0.25) is 4.79 Å². The second-order valence-corrected chi connectivity index (χ2v) is 4.58. The molecule has 1 aliphatic rings. The van der Waals surface area contributed by atoms with E-state index < -0.39 is 0 Å². The highest BCUT2D eigenvalue weighted by molar-refractivity contribution is 5.94. The zero-order valence-corrected chi connectivity index (χ0v) is 9.65. The molecule has 17 heavy (non-hydrogen) atoms. The number of benzene rings is 1. The summed E-state index contributed by atoms with van der Waals surface area (Å²) in [5.74, 6) is 0.407. The van der Waals surface area contributed by atoms with Crippen LogP contribution in [0.1, 0.15) is 36.0 Å². The number of phenols is 2. The molecule has 92 valence electrons. The zero-order valence-electron chi connectivity index (χ0n) is 9.65. The van der Waals surface area contributed by atoms with Gasteiger partial charge in [-0.15, -0.1) is 0 Å². The monoisotopic (exact) mass is 235 g/mol. The first-order chi connectivity index (χ1) is 8.15. The van der Waals surface area contributed by atoms with Gasteiger partial charge in [-0.2, -0.15) is 0 Å². The van der Waals surface area contributed by atoms with Crippen LogP contribution in [-0.2, 0) is 0 Å². The van der Waals surface area contributed by atoms with Gasteiger partial charge in [-0.05, 0) is 30.9 Å². The summed E-state index contributed by atoms with van der Waals surface area (Å²) in [4.78, 5) is 11.7. The fourth-order valence-corrected chi connectivity index (χ4v) is 1.83. The summed E-state index contributed by atoms with van der Waals surface area (Å²) in [5, 5.41) is 21.3. The topological polar surface area (TPSA) is 69.6 Å². The molecule has 1 saturated carbocycles. The third-order valence-electron chi connectivity index (χ3n) is 2.94. The van der Waals surface area contributed by atoms with Gasteiger partial charge in [0.15, 0.2) is 0 Å². The molecule has 2 rings (SSSR count). The first kappa shape index (κ1) is 11.8. The highest BCUT2D eigenvalue weighted by Crippen LogP contribution is 2.33. The zero-order chi connectivity index (χ0) is 12.3. The number of amides is 1. The minimum absolute atomic E-state index is 0.104. The van der Waals surface area contributed by atoms with Gasteiger partial charge in [0.05, 0.1) is 0 Å². The van der Waals surface area contributed by atoms with Crippen molar-refractivity contribution in [2.24, 2.45) is 5.92 Å². The first-order valence-electron chi connectivity index (χ1n) is 5.96. The lowest BCUT2D eigenvalue weighted by Crippen LogP contribution is -2.24. The van der Waals surface area contributed by atoms with E-state index in [1.165, 1.54) is 37.5 Å². The highest BCUT2D eigenvalue weighted by Gasteiger charge is 2.20. The molecule has 0 aliphatic heterocycles. The Kier molecular flexibility index (Phi) is 3.52. The fraction of sp³-hybridized carbons (Fsp3) is 0.462. The minimum atomic E-state index is -0.257. The maximum absolute atomic E-state index is 11.7. The van der Waals surface area contributed by atoms with Crippen molar-refractivity contribution in [2.45, 2.75) is 25.7 Å². The lowest BCUT2D eigenvalue weighted by molar-refractivity contribution is 0.0952. The van der Waals surface area contributed by atoms with Crippen LogP contribution >= 0.6 is 0 Å². The molecule has 0 radical (unpaired) electrons. The molecule has 1 aliphatic carbocycles. The third-order valence-corrected chi connectivity index (χ3v) is 2.94. The summed E-state index contributed by atoms with van der Waals surface area (Å²) in [6.07, 6.45) is 4.82. The van der Waals surface area contributed by atoms with Crippen molar-refractivity contribution in [2.75, 3.05) is 6.54 Å². The Bertz CT molecular complexity index is 393. The molecule has 0 heterocycles. The molecule has 0 saturated heterocycles. The van der Waals surface area contributed by atoms with E-state index >= 15 is 0 Å². The van der Waals surface area contributed by atoms with Crippen LogP contribution in [-0.4, -0.2) is 22.7 Å². The van der Waals surface area contributed by atoms with Gasteiger partial charge in [0.1, 0.15) is 11.5 Å². The Hall–Kier alpha value is -1.71. The number of carbonyl (C=O) groups is 1. The van der Waals surface area contributed by atoms with Crippen LogP contribution in [0.5, 0.6) is 11.5 Å². The number of hydrogen-bond acceptors (Lipinski definition) is 3. The number of carbonyl (C=O) groups excluding carboxylic acids is 1. The maximum Gasteiger partial charge on any atom is 0.251 e. The second kappa shape index (κ2) is 5.08. The van der Waals surface area contributed by atoms with Gasteiger partial charge in [0, 0.05) is 18.2 Å². The largest absolute Gasteiger partial charge is 0.508 e. The molecule has 4 heteroatoms. The van der Waals surface area contributed by atoms with E-state index in [-0.39, 0.29) is 23.0 Å². The predicted octanol–water partition coefficient (Wildman–Crippen LogP) is 2.02. The van der Waals surface area contributed by atoms with Crippen molar-refractivity contribution in [1.29, 1.82) is 0 Å². The van der Waals surface area contributed by atoms with E-state index in [0.717, 1.165) is 12.3 Å². The van der Waals surface area contributed by atoms with Crippen molar-refractivity contribution in [3.8, 4) is 11.5 Å². The third kappa shape index (κ3) is 3.66. The van der Waals surface area contributed by atoms with Gasteiger partial charge >= 0.3 is 0 Å². The Labute approximate surface area is 100 Å². The normalized spacial score (nSPS) is 14.6. The van der Waals surface area contributed by atoms with Crippen molar-refractivity contribution in [3.05, 3.63) is 23.8 Å². The SMILES string of the molecule is O=C(NCCCC1CC1)c1cc(O)cc(O)c1. The quantitative estimate of drug-likeness (QED) is 0.684. The smallest absolute Gasteiger partial charge is 0.251 e. The standard InChI is InChI=1S/C13H17NO3/c15-11-6-10(7-12(16)8-11)13(17)14-5-1-2-9-3-4-9/h6-9,15-16H,1-5H2,(H,14,17). The van der Waals surface area contributed by atoms with Crippen LogP contribution in [0.4, 0.5) is 0 Å². The molecule has 0 spiro atoms. The first-order valence-corrected chi connectivity index (χ1v) is 5.96. The minimum Gasteiger partial charge on any atom is -0.508 e. The van der Waals surface area contributed by atoms with E-state index in [0.29, 0.717) is 6.54 Å². The molecule has 1 aromatic rings. The molecule has 4 nitrogen and oxygen atoms in total. The predicted molar refractivity (Wildman–Crippen MR) is 64.1 cm³/mol. The Morgan fingerprint density at radius 1 is 1.24 bits per heavy atom. The maximum atomic E-state index is 11.7. The molecule has 1 amide bonds. The second-order valence-electron chi connectivity index (χ2n) is 4.58. The van der Waals surface area contributed by atoms with Crippen molar-refractivity contribution in [3.63, 3.8) is 0 Å². The number of nitrogens with one attached hydrogen (secondary N) is 1.